The fourth-order valence-electron chi connectivity index (χ4n) is 3.26. The number of carbonyl (C=O) groups excluding carboxylic acids is 3. The summed E-state index contributed by atoms with van der Waals surface area (Å²) in [4.78, 5) is 38.5. The number of imide groups is 1. The van der Waals surface area contributed by atoms with E-state index in [1.165, 1.54) is 11.3 Å². The second kappa shape index (κ2) is 6.48. The molecule has 1 aliphatic heterocycles. The lowest BCUT2D eigenvalue weighted by Crippen LogP contribution is -2.40. The zero-order valence-corrected chi connectivity index (χ0v) is 15.6. The van der Waals surface area contributed by atoms with Crippen molar-refractivity contribution in [3.8, 4) is 0 Å². The van der Waals surface area contributed by atoms with Gasteiger partial charge in [-0.1, -0.05) is 23.5 Å². The molecule has 10 heteroatoms. The zero-order valence-electron chi connectivity index (χ0n) is 14.8. The summed E-state index contributed by atoms with van der Waals surface area (Å²) in [6, 6.07) is 6.58. The Kier molecular flexibility index (Phi) is 3.93. The van der Waals surface area contributed by atoms with Crippen molar-refractivity contribution in [1.82, 2.24) is 30.0 Å². The molecule has 9 nitrogen and oxygen atoms in total. The van der Waals surface area contributed by atoms with Crippen LogP contribution in [0.4, 0.5) is 0 Å². The minimum Gasteiger partial charge on any atom is -0.354 e. The first-order chi connectivity index (χ1) is 13.6. The van der Waals surface area contributed by atoms with Gasteiger partial charge in [-0.25, -0.2) is 0 Å². The third-order valence-corrected chi connectivity index (χ3v) is 5.80. The maximum absolute atomic E-state index is 12.3. The quantitative estimate of drug-likeness (QED) is 0.623. The molecule has 1 fully saturated rings. The molecular weight excluding hydrogens is 380 g/mol. The molecule has 1 N–H and O–H groups in total. The fraction of sp³-hybridized carbons (Fsp3) is 0.333. The number of amides is 3. The molecule has 0 radical (unpaired) electrons. The minimum atomic E-state index is -0.433. The smallest absolute Gasteiger partial charge is 0.262 e. The molecule has 3 amide bonds. The van der Waals surface area contributed by atoms with Gasteiger partial charge >= 0.3 is 0 Å². The van der Waals surface area contributed by atoms with Gasteiger partial charge < -0.3 is 5.32 Å². The van der Waals surface area contributed by atoms with Gasteiger partial charge in [0, 0.05) is 18.9 Å². The van der Waals surface area contributed by atoms with Crippen LogP contribution in [0.25, 0.3) is 4.96 Å². The first kappa shape index (κ1) is 17.0. The highest BCUT2D eigenvalue weighted by atomic mass is 32.1. The van der Waals surface area contributed by atoms with E-state index in [0.29, 0.717) is 30.0 Å². The Balaban J connectivity index is 1.17. The first-order valence-electron chi connectivity index (χ1n) is 9.05. The highest BCUT2D eigenvalue weighted by Crippen LogP contribution is 2.39. The predicted octanol–water partition coefficient (Wildman–Crippen LogP) is 1.02. The molecule has 0 atom stereocenters. The van der Waals surface area contributed by atoms with Crippen molar-refractivity contribution in [2.24, 2.45) is 0 Å². The van der Waals surface area contributed by atoms with E-state index in [9.17, 15) is 14.4 Å². The molecule has 1 aliphatic carbocycles. The van der Waals surface area contributed by atoms with Crippen LogP contribution in [0.2, 0.25) is 0 Å². The van der Waals surface area contributed by atoms with Crippen LogP contribution in [0.5, 0.6) is 0 Å². The molecule has 28 heavy (non-hydrogen) atoms. The topological polar surface area (TPSA) is 110 Å². The lowest BCUT2D eigenvalue weighted by molar-refractivity contribution is -0.121. The second-order valence-electron chi connectivity index (χ2n) is 6.86. The molecule has 0 unspecified atom stereocenters. The van der Waals surface area contributed by atoms with Crippen molar-refractivity contribution in [3.63, 3.8) is 0 Å². The third kappa shape index (κ3) is 2.85. The summed E-state index contributed by atoms with van der Waals surface area (Å²) in [5.41, 5.74) is 0.679. The Morgan fingerprint density at radius 3 is 2.54 bits per heavy atom. The Morgan fingerprint density at radius 1 is 1.14 bits per heavy atom. The van der Waals surface area contributed by atoms with Crippen molar-refractivity contribution in [2.75, 3.05) is 13.1 Å². The van der Waals surface area contributed by atoms with Gasteiger partial charge in [-0.2, -0.15) is 9.61 Å². The lowest BCUT2D eigenvalue weighted by Gasteiger charge is -2.13. The number of hydrogen-bond acceptors (Lipinski definition) is 7. The maximum Gasteiger partial charge on any atom is 0.262 e. The monoisotopic (exact) mass is 396 g/mol. The van der Waals surface area contributed by atoms with E-state index in [4.69, 9.17) is 0 Å². The van der Waals surface area contributed by atoms with Crippen molar-refractivity contribution in [3.05, 3.63) is 46.2 Å². The van der Waals surface area contributed by atoms with Crippen LogP contribution < -0.4 is 5.32 Å². The summed E-state index contributed by atoms with van der Waals surface area (Å²) in [7, 11) is 0. The van der Waals surface area contributed by atoms with E-state index < -0.39 is 11.8 Å². The van der Waals surface area contributed by atoms with Gasteiger partial charge in [-0.05, 0) is 25.0 Å². The van der Waals surface area contributed by atoms with E-state index in [1.54, 1.807) is 28.8 Å². The van der Waals surface area contributed by atoms with Crippen LogP contribution in [-0.2, 0) is 11.2 Å². The Morgan fingerprint density at radius 2 is 1.86 bits per heavy atom. The maximum atomic E-state index is 12.3. The molecule has 2 aromatic heterocycles. The molecule has 1 saturated carbocycles. The lowest BCUT2D eigenvalue weighted by atomic mass is 10.1. The SMILES string of the molecule is O=C(CN1C(=O)c2ccccc2C1=O)NCCc1nn2c(C3CC3)nnc2s1. The summed E-state index contributed by atoms with van der Waals surface area (Å²) in [6.45, 7) is 0.0775. The standard InChI is InChI=1S/C18H16N6O3S/c25-13(9-23-16(26)11-3-1-2-4-12(11)17(23)27)19-8-7-14-22-24-15(10-5-6-10)20-21-18(24)28-14/h1-4,10H,5-9H2,(H,19,25). The molecule has 1 aromatic carbocycles. The van der Waals surface area contributed by atoms with Gasteiger partial charge in [0.2, 0.25) is 10.9 Å². The fourth-order valence-corrected chi connectivity index (χ4v) is 4.10. The number of nitrogens with zero attached hydrogens (tertiary/aromatic N) is 5. The van der Waals surface area contributed by atoms with Gasteiger partial charge in [0.25, 0.3) is 11.8 Å². The van der Waals surface area contributed by atoms with Crippen LogP contribution in [-0.4, -0.2) is 55.5 Å². The van der Waals surface area contributed by atoms with E-state index in [2.05, 4.69) is 20.6 Å². The molecular formula is C18H16N6O3S. The molecule has 142 valence electrons. The average molecular weight is 396 g/mol. The molecule has 2 aliphatic rings. The number of fused-ring (bicyclic) bond motifs is 2. The van der Waals surface area contributed by atoms with Crippen molar-refractivity contribution < 1.29 is 14.4 Å². The van der Waals surface area contributed by atoms with Crippen LogP contribution in [0.3, 0.4) is 0 Å². The van der Waals surface area contributed by atoms with E-state index in [-0.39, 0.29) is 12.5 Å². The van der Waals surface area contributed by atoms with E-state index in [0.717, 1.165) is 33.5 Å². The normalized spacial score (nSPS) is 16.1. The van der Waals surface area contributed by atoms with Crippen molar-refractivity contribution in [2.45, 2.75) is 25.2 Å². The number of benzene rings is 1. The number of hydrogen-bond donors (Lipinski definition) is 1. The number of aromatic nitrogens is 4. The minimum absolute atomic E-state index is 0.288. The molecule has 0 bridgehead atoms. The number of rotatable bonds is 6. The molecule has 5 rings (SSSR count). The van der Waals surface area contributed by atoms with Crippen LogP contribution in [0.15, 0.2) is 24.3 Å². The van der Waals surface area contributed by atoms with Gasteiger partial charge in [-0.15, -0.1) is 10.2 Å². The predicted molar refractivity (Wildman–Crippen MR) is 99.2 cm³/mol. The average Bonchev–Trinajstić information content (AvgIpc) is 3.27. The zero-order chi connectivity index (χ0) is 19.3. The Bertz CT molecular complexity index is 1080. The van der Waals surface area contributed by atoms with Crippen LogP contribution in [0.1, 0.15) is 50.3 Å². The van der Waals surface area contributed by atoms with E-state index >= 15 is 0 Å². The van der Waals surface area contributed by atoms with Gasteiger partial charge in [-0.3, -0.25) is 19.3 Å². The summed E-state index contributed by atoms with van der Waals surface area (Å²) in [5, 5.41) is 16.5. The van der Waals surface area contributed by atoms with Crippen molar-refractivity contribution >= 4 is 34.0 Å². The largest absolute Gasteiger partial charge is 0.354 e. The number of nitrogens with one attached hydrogen (secondary N) is 1. The summed E-state index contributed by atoms with van der Waals surface area (Å²) < 4.78 is 1.79. The van der Waals surface area contributed by atoms with Crippen LogP contribution in [0, 0.1) is 0 Å². The highest BCUT2D eigenvalue weighted by molar-refractivity contribution is 7.16. The third-order valence-electron chi connectivity index (χ3n) is 4.84. The van der Waals surface area contributed by atoms with Crippen LogP contribution >= 0.6 is 11.3 Å². The Hall–Kier alpha value is -3.14. The molecule has 0 saturated heterocycles. The van der Waals surface area contributed by atoms with Gasteiger partial charge in [0.15, 0.2) is 5.82 Å². The first-order valence-corrected chi connectivity index (χ1v) is 9.86. The van der Waals surface area contributed by atoms with Gasteiger partial charge in [0.05, 0.1) is 11.1 Å². The Labute approximate surface area is 163 Å². The molecule has 0 spiro atoms. The highest BCUT2D eigenvalue weighted by Gasteiger charge is 2.36. The second-order valence-corrected chi connectivity index (χ2v) is 7.91. The summed E-state index contributed by atoms with van der Waals surface area (Å²) >= 11 is 1.45. The molecule has 3 heterocycles. The van der Waals surface area contributed by atoms with Crippen molar-refractivity contribution in [1.29, 1.82) is 0 Å². The summed E-state index contributed by atoms with van der Waals surface area (Å²) in [5.74, 6) is 0.127. The number of carbonyl (C=O) groups is 3. The van der Waals surface area contributed by atoms with E-state index in [1.807, 2.05) is 0 Å². The molecule has 3 aromatic rings. The summed E-state index contributed by atoms with van der Waals surface area (Å²) in [6.07, 6.45) is 2.80. The van der Waals surface area contributed by atoms with Gasteiger partial charge in [0.1, 0.15) is 11.6 Å².